The molecule has 160 valence electrons. The standard InChI is InChI=1S/C10H12O4S.C10H12O2S.CH4/c1-12-10(11)7-8-3-5-9(6-4-8)15-14-13-2;1-12-10(11)7-8-3-5-9(13-2)6-4-8;/h3-6H,7H2,1-2H3;3-6H,7H2,1-2H3;1H4. The van der Waals surface area contributed by atoms with Crippen LogP contribution in [-0.4, -0.2) is 39.5 Å². The lowest BCUT2D eigenvalue weighted by atomic mass is 10.2. The van der Waals surface area contributed by atoms with Gasteiger partial charge in [-0.05, 0) is 41.6 Å². The number of benzene rings is 2. The fourth-order valence-corrected chi connectivity index (χ4v) is 2.76. The third kappa shape index (κ3) is 11.6. The Morgan fingerprint density at radius 1 is 0.759 bits per heavy atom. The predicted molar refractivity (Wildman–Crippen MR) is 117 cm³/mol. The average Bonchev–Trinajstić information content (AvgIpc) is 2.74. The summed E-state index contributed by atoms with van der Waals surface area (Å²) in [4.78, 5) is 28.4. The topological polar surface area (TPSA) is 71.1 Å². The quantitative estimate of drug-likeness (QED) is 0.192. The Labute approximate surface area is 181 Å². The van der Waals surface area contributed by atoms with Crippen LogP contribution < -0.4 is 0 Å². The van der Waals surface area contributed by atoms with Crippen LogP contribution in [0.15, 0.2) is 58.3 Å². The van der Waals surface area contributed by atoms with Crippen molar-refractivity contribution in [3.05, 3.63) is 59.7 Å². The van der Waals surface area contributed by atoms with Crippen molar-refractivity contribution >= 4 is 35.7 Å². The van der Waals surface area contributed by atoms with Gasteiger partial charge < -0.3 is 9.47 Å². The molecule has 0 heterocycles. The van der Waals surface area contributed by atoms with E-state index in [2.05, 4.69) is 18.7 Å². The van der Waals surface area contributed by atoms with Crippen molar-refractivity contribution in [3.63, 3.8) is 0 Å². The number of esters is 2. The van der Waals surface area contributed by atoms with Crippen molar-refractivity contribution in [1.82, 2.24) is 0 Å². The molecule has 0 unspecified atom stereocenters. The summed E-state index contributed by atoms with van der Waals surface area (Å²) in [6.45, 7) is 0. The molecule has 0 N–H and O–H groups in total. The van der Waals surface area contributed by atoms with Gasteiger partial charge in [0.2, 0.25) is 0 Å². The average molecular weight is 441 g/mol. The molecule has 2 aromatic carbocycles. The van der Waals surface area contributed by atoms with Gasteiger partial charge in [-0.25, -0.2) is 4.89 Å². The summed E-state index contributed by atoms with van der Waals surface area (Å²) < 4.78 is 13.8. The first-order valence-electron chi connectivity index (χ1n) is 8.25. The second kappa shape index (κ2) is 15.9. The van der Waals surface area contributed by atoms with Crippen LogP contribution in [0.4, 0.5) is 0 Å². The number of methoxy groups -OCH3 is 2. The summed E-state index contributed by atoms with van der Waals surface area (Å²) in [5, 5.41) is 0. The lowest BCUT2D eigenvalue weighted by Crippen LogP contribution is -2.03. The number of thioether (sulfide) groups is 1. The molecule has 0 fully saturated rings. The van der Waals surface area contributed by atoms with Crippen molar-refractivity contribution in [2.45, 2.75) is 30.1 Å². The zero-order chi connectivity index (χ0) is 20.8. The minimum Gasteiger partial charge on any atom is -0.469 e. The second-order valence-electron chi connectivity index (χ2n) is 5.32. The Kier molecular flexibility index (Phi) is 14.8. The van der Waals surface area contributed by atoms with Crippen LogP contribution in [0, 0.1) is 0 Å². The molecule has 0 aromatic heterocycles. The second-order valence-corrected chi connectivity index (χ2v) is 6.97. The fraction of sp³-hybridized carbons (Fsp3) is 0.333. The number of ether oxygens (including phenoxy) is 2. The van der Waals surface area contributed by atoms with Gasteiger partial charge in [-0.15, -0.1) is 11.8 Å². The molecule has 0 aliphatic heterocycles. The minimum absolute atomic E-state index is 0. The van der Waals surface area contributed by atoms with Gasteiger partial charge in [0.1, 0.15) is 0 Å². The summed E-state index contributed by atoms with van der Waals surface area (Å²) >= 11 is 2.80. The highest BCUT2D eigenvalue weighted by Gasteiger charge is 2.03. The molecule has 2 rings (SSSR count). The molecule has 0 spiro atoms. The molecule has 0 atom stereocenters. The van der Waals surface area contributed by atoms with E-state index in [9.17, 15) is 9.59 Å². The van der Waals surface area contributed by atoms with Gasteiger partial charge in [0.25, 0.3) is 0 Å². The zero-order valence-corrected chi connectivity index (χ0v) is 17.9. The summed E-state index contributed by atoms with van der Waals surface area (Å²) in [7, 11) is 4.22. The fourth-order valence-electron chi connectivity index (χ4n) is 1.96. The molecule has 2 aromatic rings. The third-order valence-corrected chi connectivity index (χ3v) is 4.85. The van der Waals surface area contributed by atoms with Gasteiger partial charge in [-0.3, -0.25) is 9.59 Å². The highest BCUT2D eigenvalue weighted by molar-refractivity contribution is 7.98. The lowest BCUT2D eigenvalue weighted by molar-refractivity contribution is -0.160. The first-order valence-corrected chi connectivity index (χ1v) is 10.2. The Morgan fingerprint density at radius 2 is 1.17 bits per heavy atom. The van der Waals surface area contributed by atoms with Gasteiger partial charge >= 0.3 is 11.9 Å². The molecular formula is C21H28O6S2. The third-order valence-electron chi connectivity index (χ3n) is 3.43. The molecule has 29 heavy (non-hydrogen) atoms. The molecule has 0 radical (unpaired) electrons. The Bertz CT molecular complexity index is 717. The maximum atomic E-state index is 11.0. The Morgan fingerprint density at radius 3 is 1.52 bits per heavy atom. The Balaban J connectivity index is 0.000000527. The SMILES string of the molecule is C.COC(=O)Cc1ccc(SC)cc1.COOSc1ccc(CC(=O)OC)cc1. The van der Waals surface area contributed by atoms with Crippen LogP contribution in [-0.2, 0) is 41.1 Å². The van der Waals surface area contributed by atoms with Crippen molar-refractivity contribution < 1.29 is 28.3 Å². The lowest BCUT2D eigenvalue weighted by Gasteiger charge is -2.01. The molecule has 0 saturated heterocycles. The first-order chi connectivity index (χ1) is 13.5. The summed E-state index contributed by atoms with van der Waals surface area (Å²) in [6, 6.07) is 15.3. The smallest absolute Gasteiger partial charge is 0.309 e. The van der Waals surface area contributed by atoms with Crippen LogP contribution in [0.3, 0.4) is 0 Å². The molecule has 0 aliphatic rings. The summed E-state index contributed by atoms with van der Waals surface area (Å²) in [6.07, 6.45) is 2.66. The summed E-state index contributed by atoms with van der Waals surface area (Å²) in [5.41, 5.74) is 1.90. The monoisotopic (exact) mass is 440 g/mol. The number of carbonyl (C=O) groups is 2. The van der Waals surface area contributed by atoms with E-state index >= 15 is 0 Å². The van der Waals surface area contributed by atoms with Crippen LogP contribution in [0.2, 0.25) is 0 Å². The predicted octanol–water partition coefficient (Wildman–Crippen LogP) is 4.75. The maximum Gasteiger partial charge on any atom is 0.309 e. The maximum absolute atomic E-state index is 11.0. The highest BCUT2D eigenvalue weighted by Crippen LogP contribution is 2.19. The van der Waals surface area contributed by atoms with Crippen molar-refractivity contribution in [2.24, 2.45) is 0 Å². The van der Waals surface area contributed by atoms with E-state index < -0.39 is 0 Å². The minimum atomic E-state index is -0.247. The summed E-state index contributed by atoms with van der Waals surface area (Å²) in [5.74, 6) is -0.444. The van der Waals surface area contributed by atoms with Gasteiger partial charge in [0.05, 0.1) is 46.2 Å². The number of carbonyl (C=O) groups excluding carboxylic acids is 2. The highest BCUT2D eigenvalue weighted by atomic mass is 32.2. The van der Waals surface area contributed by atoms with Crippen molar-refractivity contribution in [3.8, 4) is 0 Å². The van der Waals surface area contributed by atoms with Gasteiger partial charge in [-0.1, -0.05) is 31.7 Å². The van der Waals surface area contributed by atoms with E-state index in [-0.39, 0.29) is 25.8 Å². The Hall–Kier alpha value is -2.00. The molecule has 0 bridgehead atoms. The largest absolute Gasteiger partial charge is 0.469 e. The molecule has 0 amide bonds. The molecule has 8 heteroatoms. The van der Waals surface area contributed by atoms with Crippen LogP contribution in [0.1, 0.15) is 18.6 Å². The van der Waals surface area contributed by atoms with E-state index in [0.717, 1.165) is 28.1 Å². The van der Waals surface area contributed by atoms with Crippen molar-refractivity contribution in [1.29, 1.82) is 0 Å². The van der Waals surface area contributed by atoms with E-state index in [4.69, 9.17) is 0 Å². The number of hydrogen-bond donors (Lipinski definition) is 0. The van der Waals surface area contributed by atoms with Crippen LogP contribution in [0.25, 0.3) is 0 Å². The van der Waals surface area contributed by atoms with E-state index in [1.165, 1.54) is 26.2 Å². The number of hydrogen-bond acceptors (Lipinski definition) is 8. The van der Waals surface area contributed by atoms with E-state index in [1.54, 1.807) is 11.8 Å². The van der Waals surface area contributed by atoms with E-state index in [1.807, 2.05) is 54.8 Å². The molecule has 6 nitrogen and oxygen atoms in total. The van der Waals surface area contributed by atoms with Gasteiger partial charge in [-0.2, -0.15) is 4.33 Å². The molecule has 0 aliphatic carbocycles. The van der Waals surface area contributed by atoms with Gasteiger partial charge in [0.15, 0.2) is 0 Å². The van der Waals surface area contributed by atoms with Crippen LogP contribution in [0.5, 0.6) is 0 Å². The normalized spacial score (nSPS) is 9.52. The van der Waals surface area contributed by atoms with Crippen molar-refractivity contribution in [2.75, 3.05) is 27.6 Å². The molecular weight excluding hydrogens is 412 g/mol. The van der Waals surface area contributed by atoms with Crippen LogP contribution >= 0.6 is 23.8 Å². The van der Waals surface area contributed by atoms with Gasteiger partial charge in [0, 0.05) is 9.79 Å². The zero-order valence-electron chi connectivity index (χ0n) is 16.3. The molecule has 0 saturated carbocycles. The number of rotatable bonds is 8. The first kappa shape index (κ1) is 27.0. The van der Waals surface area contributed by atoms with E-state index in [0.29, 0.717) is 6.42 Å².